The molecule has 0 aliphatic carbocycles. The van der Waals surface area contributed by atoms with Crippen LogP contribution >= 0.6 is 0 Å². The van der Waals surface area contributed by atoms with Crippen molar-refractivity contribution in [1.29, 1.82) is 0 Å². The Labute approximate surface area is 120 Å². The first-order valence-electron chi connectivity index (χ1n) is 6.80. The molecule has 1 saturated heterocycles. The first-order chi connectivity index (χ1) is 9.32. The van der Waals surface area contributed by atoms with Crippen LogP contribution in [0.4, 0.5) is 0 Å². The first-order valence-corrected chi connectivity index (χ1v) is 8.28. The van der Waals surface area contributed by atoms with Crippen LogP contribution in [-0.4, -0.2) is 27.2 Å². The lowest BCUT2D eigenvalue weighted by Crippen LogP contribution is -2.49. The number of hydrogen-bond donors (Lipinski definition) is 2. The van der Waals surface area contributed by atoms with E-state index >= 15 is 0 Å². The zero-order valence-corrected chi connectivity index (χ0v) is 12.7. The summed E-state index contributed by atoms with van der Waals surface area (Å²) in [5.74, 6) is 0. The minimum absolute atomic E-state index is 0.104. The molecule has 0 amide bonds. The first kappa shape index (κ1) is 15.4. The molecule has 20 heavy (non-hydrogen) atoms. The monoisotopic (exact) mass is 298 g/mol. The second-order valence-electron chi connectivity index (χ2n) is 5.64. The molecule has 5 nitrogen and oxygen atoms in total. The van der Waals surface area contributed by atoms with Gasteiger partial charge in [0.1, 0.15) is 0 Å². The molecule has 0 saturated carbocycles. The zero-order chi connectivity index (χ0) is 14.8. The third-order valence-electron chi connectivity index (χ3n) is 3.69. The lowest BCUT2D eigenvalue weighted by atomic mass is 9.94. The molecule has 1 aliphatic heterocycles. The van der Waals surface area contributed by atoms with Crippen LogP contribution in [0, 0.1) is 0 Å². The normalized spacial score (nSPS) is 20.6. The maximum Gasteiger partial charge on any atom is 0.241 e. The summed E-state index contributed by atoms with van der Waals surface area (Å²) in [4.78, 5) is 0.273. The highest BCUT2D eigenvalue weighted by molar-refractivity contribution is 7.89. The van der Waals surface area contributed by atoms with Crippen LogP contribution in [0.3, 0.4) is 0 Å². The Morgan fingerprint density at radius 2 is 1.80 bits per heavy atom. The Morgan fingerprint density at radius 3 is 2.30 bits per heavy atom. The van der Waals surface area contributed by atoms with E-state index in [0.717, 1.165) is 5.56 Å². The van der Waals surface area contributed by atoms with E-state index in [2.05, 4.69) is 4.72 Å². The number of hydrogen-bond acceptors (Lipinski definition) is 4. The van der Waals surface area contributed by atoms with Gasteiger partial charge < -0.3 is 10.5 Å². The van der Waals surface area contributed by atoms with E-state index in [9.17, 15) is 8.42 Å². The summed E-state index contributed by atoms with van der Waals surface area (Å²) in [6.07, 6.45) is 1.37. The van der Waals surface area contributed by atoms with Crippen molar-refractivity contribution in [2.24, 2.45) is 5.73 Å². The summed E-state index contributed by atoms with van der Waals surface area (Å²) in [5.41, 5.74) is 6.25. The fourth-order valence-electron chi connectivity index (χ4n) is 2.26. The third kappa shape index (κ3) is 3.58. The van der Waals surface area contributed by atoms with Crippen molar-refractivity contribution in [3.05, 3.63) is 29.8 Å². The van der Waals surface area contributed by atoms with E-state index in [-0.39, 0.29) is 10.9 Å². The van der Waals surface area contributed by atoms with Crippen LogP contribution < -0.4 is 10.5 Å². The average Bonchev–Trinajstić information content (AvgIpc) is 2.38. The summed E-state index contributed by atoms with van der Waals surface area (Å²) in [5, 5.41) is 0. The number of benzene rings is 1. The van der Waals surface area contributed by atoms with Gasteiger partial charge in [-0.3, -0.25) is 0 Å². The highest BCUT2D eigenvalue weighted by Crippen LogP contribution is 2.23. The molecule has 0 bridgehead atoms. The molecule has 2 rings (SSSR count). The van der Waals surface area contributed by atoms with Crippen molar-refractivity contribution in [3.8, 4) is 0 Å². The van der Waals surface area contributed by atoms with Crippen molar-refractivity contribution >= 4 is 10.0 Å². The Kier molecular flexibility index (Phi) is 4.49. The Morgan fingerprint density at radius 1 is 1.25 bits per heavy atom. The largest absolute Gasteiger partial charge is 0.381 e. The molecular formula is C14H22N2O3S. The van der Waals surface area contributed by atoms with Crippen LogP contribution in [0.2, 0.25) is 0 Å². The van der Waals surface area contributed by atoms with Crippen molar-refractivity contribution < 1.29 is 13.2 Å². The molecular weight excluding hydrogens is 276 g/mol. The lowest BCUT2D eigenvalue weighted by Gasteiger charge is -2.34. The second kappa shape index (κ2) is 5.81. The predicted molar refractivity (Wildman–Crippen MR) is 77.8 cm³/mol. The predicted octanol–water partition coefficient (Wildman–Crippen LogP) is 1.55. The zero-order valence-electron chi connectivity index (χ0n) is 11.9. The topological polar surface area (TPSA) is 81.4 Å². The molecule has 1 unspecified atom stereocenters. The molecule has 1 aliphatic rings. The minimum Gasteiger partial charge on any atom is -0.381 e. The van der Waals surface area contributed by atoms with E-state index in [1.165, 1.54) is 0 Å². The van der Waals surface area contributed by atoms with Gasteiger partial charge in [0, 0.05) is 24.8 Å². The Bertz CT molecular complexity index is 546. The van der Waals surface area contributed by atoms with Crippen LogP contribution in [0.1, 0.15) is 38.3 Å². The summed E-state index contributed by atoms with van der Waals surface area (Å²) >= 11 is 0. The number of sulfonamides is 1. The standard InChI is InChI=1S/C14H22N2O3S/c1-11(15)12-3-5-13(6-4-12)20(17,18)16-14(2)7-9-19-10-8-14/h3-6,11,16H,7-10,15H2,1-2H3. The molecule has 0 spiro atoms. The molecule has 1 atom stereocenters. The Hall–Kier alpha value is -0.950. The van der Waals surface area contributed by atoms with Gasteiger partial charge in [-0.15, -0.1) is 0 Å². The smallest absolute Gasteiger partial charge is 0.241 e. The van der Waals surface area contributed by atoms with E-state index in [1.54, 1.807) is 24.3 Å². The molecule has 1 aromatic rings. The SMILES string of the molecule is CC(N)c1ccc(S(=O)(=O)NC2(C)CCOCC2)cc1. The van der Waals surface area contributed by atoms with Gasteiger partial charge in [-0.05, 0) is 44.4 Å². The van der Waals surface area contributed by atoms with Gasteiger partial charge >= 0.3 is 0 Å². The maximum absolute atomic E-state index is 12.4. The van der Waals surface area contributed by atoms with Gasteiger partial charge in [0.15, 0.2) is 0 Å². The average molecular weight is 298 g/mol. The van der Waals surface area contributed by atoms with Gasteiger partial charge in [-0.25, -0.2) is 13.1 Å². The molecule has 112 valence electrons. The van der Waals surface area contributed by atoms with Gasteiger partial charge in [0.2, 0.25) is 10.0 Å². The fraction of sp³-hybridized carbons (Fsp3) is 0.571. The van der Waals surface area contributed by atoms with Crippen molar-refractivity contribution in [3.63, 3.8) is 0 Å². The lowest BCUT2D eigenvalue weighted by molar-refractivity contribution is 0.0537. The van der Waals surface area contributed by atoms with Crippen molar-refractivity contribution in [2.75, 3.05) is 13.2 Å². The van der Waals surface area contributed by atoms with E-state index in [4.69, 9.17) is 10.5 Å². The quantitative estimate of drug-likeness (QED) is 0.883. The third-order valence-corrected chi connectivity index (χ3v) is 5.35. The second-order valence-corrected chi connectivity index (χ2v) is 7.32. The summed E-state index contributed by atoms with van der Waals surface area (Å²) < 4.78 is 32.9. The fourth-order valence-corrected chi connectivity index (χ4v) is 3.72. The van der Waals surface area contributed by atoms with Crippen LogP contribution in [0.25, 0.3) is 0 Å². The highest BCUT2D eigenvalue weighted by Gasteiger charge is 2.32. The number of nitrogens with one attached hydrogen (secondary N) is 1. The summed E-state index contributed by atoms with van der Waals surface area (Å²) in [6, 6.07) is 6.61. The van der Waals surface area contributed by atoms with Gasteiger partial charge in [-0.2, -0.15) is 0 Å². The van der Waals surface area contributed by atoms with E-state index in [0.29, 0.717) is 26.1 Å². The molecule has 6 heteroatoms. The van der Waals surface area contributed by atoms with Crippen molar-refractivity contribution in [2.45, 2.75) is 43.2 Å². The summed E-state index contributed by atoms with van der Waals surface area (Å²) in [6.45, 7) is 4.96. The summed E-state index contributed by atoms with van der Waals surface area (Å²) in [7, 11) is -3.51. The molecule has 0 radical (unpaired) electrons. The minimum atomic E-state index is -3.51. The molecule has 1 aromatic carbocycles. The van der Waals surface area contributed by atoms with Gasteiger partial charge in [0.25, 0.3) is 0 Å². The number of nitrogens with two attached hydrogens (primary N) is 1. The molecule has 0 aromatic heterocycles. The molecule has 1 fully saturated rings. The van der Waals surface area contributed by atoms with Crippen LogP contribution in [0.5, 0.6) is 0 Å². The van der Waals surface area contributed by atoms with Crippen LogP contribution in [-0.2, 0) is 14.8 Å². The maximum atomic E-state index is 12.4. The molecule has 3 N–H and O–H groups in total. The molecule has 1 heterocycles. The van der Waals surface area contributed by atoms with Crippen LogP contribution in [0.15, 0.2) is 29.2 Å². The number of ether oxygens (including phenoxy) is 1. The van der Waals surface area contributed by atoms with E-state index in [1.807, 2.05) is 13.8 Å². The van der Waals surface area contributed by atoms with Crippen molar-refractivity contribution in [1.82, 2.24) is 4.72 Å². The van der Waals surface area contributed by atoms with Gasteiger partial charge in [-0.1, -0.05) is 12.1 Å². The van der Waals surface area contributed by atoms with E-state index < -0.39 is 15.6 Å². The van der Waals surface area contributed by atoms with Gasteiger partial charge in [0.05, 0.1) is 4.90 Å². The highest BCUT2D eigenvalue weighted by atomic mass is 32.2. The number of rotatable bonds is 4. The Balaban J connectivity index is 2.17.